The van der Waals surface area contributed by atoms with Gasteiger partial charge in [-0.2, -0.15) is 0 Å². The smallest absolute Gasteiger partial charge is 0.221 e. The second-order valence-corrected chi connectivity index (χ2v) is 3.98. The second kappa shape index (κ2) is 6.74. The zero-order valence-electron chi connectivity index (χ0n) is 10.7. The average molecular weight is 234 g/mol. The molecule has 1 rings (SSSR count). The largest absolute Gasteiger partial charge is 0.474 e. The topological polar surface area (TPSA) is 44.2 Å². The number of hydrogen-bond donors (Lipinski definition) is 0. The van der Waals surface area contributed by atoms with Gasteiger partial charge in [-0.1, -0.05) is 19.8 Å². The molecule has 0 radical (unpaired) electrons. The molecule has 1 unspecified atom stereocenters. The summed E-state index contributed by atoms with van der Waals surface area (Å²) in [6.45, 7) is 8.30. The summed E-state index contributed by atoms with van der Waals surface area (Å²) in [5, 5.41) is 0. The first-order valence-electron chi connectivity index (χ1n) is 5.64. The minimum absolute atomic E-state index is 0.105. The van der Waals surface area contributed by atoms with Gasteiger partial charge in [0.2, 0.25) is 11.8 Å². The molecule has 4 heteroatoms. The first-order valence-corrected chi connectivity index (χ1v) is 5.64. The lowest BCUT2D eigenvalue weighted by molar-refractivity contribution is 0.162. The van der Waals surface area contributed by atoms with E-state index in [4.69, 9.17) is 9.47 Å². The molecule has 1 aromatic heterocycles. The van der Waals surface area contributed by atoms with Gasteiger partial charge in [0.1, 0.15) is 6.33 Å². The summed E-state index contributed by atoms with van der Waals surface area (Å²) in [7, 11) is 0. The van der Waals surface area contributed by atoms with Crippen molar-refractivity contribution in [1.29, 1.82) is 0 Å². The van der Waals surface area contributed by atoms with Crippen LogP contribution in [0.5, 0.6) is 11.8 Å². The summed E-state index contributed by atoms with van der Waals surface area (Å²) in [5.74, 6) is 6.99. The first kappa shape index (κ1) is 13.3. The van der Waals surface area contributed by atoms with E-state index in [0.717, 1.165) is 0 Å². The second-order valence-electron chi connectivity index (χ2n) is 3.98. The van der Waals surface area contributed by atoms with Crippen molar-refractivity contribution >= 4 is 0 Å². The highest BCUT2D eigenvalue weighted by Crippen LogP contribution is 2.16. The predicted octanol–water partition coefficient (Wildman–Crippen LogP) is 2.30. The van der Waals surface area contributed by atoms with Crippen LogP contribution in [0.3, 0.4) is 0 Å². The molecule has 1 atom stereocenters. The Morgan fingerprint density at radius 1 is 1.24 bits per heavy atom. The Balaban J connectivity index is 2.61. The van der Waals surface area contributed by atoms with Gasteiger partial charge in [-0.25, -0.2) is 9.97 Å². The third-order valence-corrected chi connectivity index (χ3v) is 2.33. The van der Waals surface area contributed by atoms with Crippen molar-refractivity contribution in [2.75, 3.05) is 6.61 Å². The van der Waals surface area contributed by atoms with Crippen LogP contribution in [0.2, 0.25) is 0 Å². The monoisotopic (exact) mass is 234 g/mol. The van der Waals surface area contributed by atoms with Gasteiger partial charge in [-0.05, 0) is 19.8 Å². The lowest BCUT2D eigenvalue weighted by atomic mass is 10.1. The quantitative estimate of drug-likeness (QED) is 0.733. The van der Waals surface area contributed by atoms with Gasteiger partial charge in [0, 0.05) is 0 Å². The van der Waals surface area contributed by atoms with E-state index >= 15 is 0 Å². The van der Waals surface area contributed by atoms with Crippen LogP contribution < -0.4 is 9.47 Å². The molecule has 0 bridgehead atoms. The zero-order valence-corrected chi connectivity index (χ0v) is 10.7. The number of aromatic nitrogens is 2. The van der Waals surface area contributed by atoms with Crippen LogP contribution in [0.25, 0.3) is 0 Å². The van der Waals surface area contributed by atoms with Crippen molar-refractivity contribution < 1.29 is 9.47 Å². The molecule has 0 saturated carbocycles. The Bertz CT molecular complexity index is 407. The van der Waals surface area contributed by atoms with E-state index < -0.39 is 0 Å². The molecule has 17 heavy (non-hydrogen) atoms. The van der Waals surface area contributed by atoms with Crippen LogP contribution in [0.1, 0.15) is 27.7 Å². The van der Waals surface area contributed by atoms with Gasteiger partial charge in [-0.15, -0.1) is 5.92 Å². The average Bonchev–Trinajstić information content (AvgIpc) is 2.30. The van der Waals surface area contributed by atoms with Crippen molar-refractivity contribution in [3.8, 4) is 23.6 Å². The Morgan fingerprint density at radius 3 is 2.59 bits per heavy atom. The van der Waals surface area contributed by atoms with E-state index in [-0.39, 0.29) is 6.10 Å². The molecule has 0 amide bonds. The van der Waals surface area contributed by atoms with Crippen LogP contribution in [0.15, 0.2) is 12.4 Å². The normalized spacial score (nSPS) is 11.6. The molecule has 0 aromatic carbocycles. The minimum atomic E-state index is 0.105. The van der Waals surface area contributed by atoms with E-state index in [2.05, 4.69) is 35.7 Å². The van der Waals surface area contributed by atoms with Gasteiger partial charge >= 0.3 is 0 Å². The summed E-state index contributed by atoms with van der Waals surface area (Å²) in [6.07, 6.45) is 1.53. The van der Waals surface area contributed by atoms with Gasteiger partial charge in [-0.3, -0.25) is 0 Å². The van der Waals surface area contributed by atoms with E-state index in [1.165, 1.54) is 6.33 Å². The molecular weight excluding hydrogens is 216 g/mol. The maximum Gasteiger partial charge on any atom is 0.221 e. The molecule has 0 aliphatic rings. The van der Waals surface area contributed by atoms with Crippen LogP contribution in [-0.2, 0) is 0 Å². The SMILES string of the molecule is CC#CCOc1cc(OC(C)C(C)C)ncn1. The number of ether oxygens (including phenoxy) is 2. The van der Waals surface area contributed by atoms with Crippen LogP contribution in [0.4, 0.5) is 0 Å². The summed E-state index contributed by atoms with van der Waals surface area (Å²) >= 11 is 0. The van der Waals surface area contributed by atoms with Gasteiger partial charge in [0.05, 0.1) is 12.2 Å². The summed E-state index contributed by atoms with van der Waals surface area (Å²) < 4.78 is 11.0. The Kier molecular flexibility index (Phi) is 5.28. The lowest BCUT2D eigenvalue weighted by Gasteiger charge is -2.17. The van der Waals surface area contributed by atoms with Crippen molar-refractivity contribution in [1.82, 2.24) is 9.97 Å². The third-order valence-electron chi connectivity index (χ3n) is 2.33. The van der Waals surface area contributed by atoms with Gasteiger partial charge in [0.25, 0.3) is 0 Å². The Labute approximate surface area is 102 Å². The highest BCUT2D eigenvalue weighted by Gasteiger charge is 2.10. The number of hydrogen-bond acceptors (Lipinski definition) is 4. The van der Waals surface area contributed by atoms with Gasteiger partial charge in [0.15, 0.2) is 6.61 Å². The standard InChI is InChI=1S/C13H18N2O2/c1-5-6-7-16-12-8-13(15-9-14-12)17-11(4)10(2)3/h8-11H,7H2,1-4H3. The van der Waals surface area contributed by atoms with Crippen LogP contribution in [-0.4, -0.2) is 22.7 Å². The molecule has 0 N–H and O–H groups in total. The molecule has 92 valence electrons. The summed E-state index contributed by atoms with van der Waals surface area (Å²) in [5.41, 5.74) is 0. The summed E-state index contributed by atoms with van der Waals surface area (Å²) in [6, 6.07) is 1.68. The fourth-order valence-electron chi connectivity index (χ4n) is 0.975. The molecule has 0 aliphatic heterocycles. The minimum Gasteiger partial charge on any atom is -0.474 e. The van der Waals surface area contributed by atoms with Crippen LogP contribution >= 0.6 is 0 Å². The molecule has 0 fully saturated rings. The Hall–Kier alpha value is -1.76. The highest BCUT2D eigenvalue weighted by molar-refractivity contribution is 5.19. The van der Waals surface area contributed by atoms with Crippen molar-refractivity contribution in [3.05, 3.63) is 12.4 Å². The van der Waals surface area contributed by atoms with E-state index in [9.17, 15) is 0 Å². The van der Waals surface area contributed by atoms with Crippen molar-refractivity contribution in [2.24, 2.45) is 5.92 Å². The fourth-order valence-corrected chi connectivity index (χ4v) is 0.975. The molecule has 0 saturated heterocycles. The van der Waals surface area contributed by atoms with Crippen molar-refractivity contribution in [3.63, 3.8) is 0 Å². The molecule has 4 nitrogen and oxygen atoms in total. The molecular formula is C13H18N2O2. The van der Waals surface area contributed by atoms with Crippen LogP contribution in [0, 0.1) is 17.8 Å². The fraction of sp³-hybridized carbons (Fsp3) is 0.538. The maximum absolute atomic E-state index is 5.66. The Morgan fingerprint density at radius 2 is 1.94 bits per heavy atom. The number of nitrogens with zero attached hydrogens (tertiary/aromatic N) is 2. The lowest BCUT2D eigenvalue weighted by Crippen LogP contribution is -2.19. The molecule has 0 aliphatic carbocycles. The molecule has 0 spiro atoms. The highest BCUT2D eigenvalue weighted by atomic mass is 16.5. The van der Waals surface area contributed by atoms with E-state index in [0.29, 0.717) is 24.3 Å². The van der Waals surface area contributed by atoms with E-state index in [1.54, 1.807) is 13.0 Å². The maximum atomic E-state index is 5.66. The summed E-state index contributed by atoms with van der Waals surface area (Å²) in [4.78, 5) is 8.02. The predicted molar refractivity (Wildman–Crippen MR) is 65.9 cm³/mol. The third kappa shape index (κ3) is 4.73. The van der Waals surface area contributed by atoms with E-state index in [1.807, 2.05) is 6.92 Å². The molecule has 1 aromatic rings. The van der Waals surface area contributed by atoms with Gasteiger partial charge < -0.3 is 9.47 Å². The van der Waals surface area contributed by atoms with Crippen molar-refractivity contribution in [2.45, 2.75) is 33.8 Å². The molecule has 1 heterocycles. The number of rotatable bonds is 5. The zero-order chi connectivity index (χ0) is 12.7. The first-order chi connectivity index (χ1) is 8.13.